The van der Waals surface area contributed by atoms with E-state index in [1.807, 2.05) is 12.1 Å². The van der Waals surface area contributed by atoms with Gasteiger partial charge in [0.05, 0.1) is 12.8 Å². The molecule has 7 nitrogen and oxygen atoms in total. The van der Waals surface area contributed by atoms with Gasteiger partial charge in [0.2, 0.25) is 5.82 Å². The first-order chi connectivity index (χ1) is 12.2. The number of halogens is 1. The second-order valence-corrected chi connectivity index (χ2v) is 6.86. The first-order valence-corrected chi connectivity index (χ1v) is 9.14. The van der Waals surface area contributed by atoms with Crippen molar-refractivity contribution in [3.05, 3.63) is 24.2 Å². The molecule has 0 aliphatic heterocycles. The fourth-order valence-corrected chi connectivity index (χ4v) is 3.50. The van der Waals surface area contributed by atoms with Gasteiger partial charge in [-0.1, -0.05) is 26.2 Å². The van der Waals surface area contributed by atoms with E-state index in [2.05, 4.69) is 37.7 Å². The summed E-state index contributed by atoms with van der Waals surface area (Å²) in [6.07, 6.45) is 8.32. The van der Waals surface area contributed by atoms with Crippen molar-refractivity contribution in [3.8, 4) is 11.6 Å². The summed E-state index contributed by atoms with van der Waals surface area (Å²) in [6.45, 7) is 3.85. The number of furan rings is 1. The number of aliphatic imine (C=N–C) groups is 1. The van der Waals surface area contributed by atoms with E-state index < -0.39 is 0 Å². The number of hydrogen-bond acceptors (Lipinski definition) is 4. The van der Waals surface area contributed by atoms with Crippen LogP contribution in [0.25, 0.3) is 11.6 Å². The molecule has 8 heteroatoms. The minimum atomic E-state index is 0. The van der Waals surface area contributed by atoms with Crippen LogP contribution < -0.4 is 10.6 Å². The maximum atomic E-state index is 5.30. The van der Waals surface area contributed by atoms with Crippen molar-refractivity contribution in [2.75, 3.05) is 13.6 Å². The molecule has 2 aromatic heterocycles. The molecular weight excluding hydrogens is 443 g/mol. The number of hydrogen-bond donors (Lipinski definition) is 3. The fourth-order valence-electron chi connectivity index (χ4n) is 3.50. The standard InChI is InChI=1S/C18H28N6O.HI/c1-13-5-3-6-14(11-13)8-9-20-18(19-2)21-12-16-22-17(24-23-16)15-7-4-10-25-15;/h4,7,10,13-14H,3,5-6,8-9,11-12H2,1-2H3,(H2,19,20,21)(H,22,23,24);1H. The quantitative estimate of drug-likeness (QED) is 0.340. The largest absolute Gasteiger partial charge is 0.461 e. The summed E-state index contributed by atoms with van der Waals surface area (Å²) < 4.78 is 5.30. The minimum Gasteiger partial charge on any atom is -0.461 e. The average Bonchev–Trinajstić information content (AvgIpc) is 3.29. The van der Waals surface area contributed by atoms with E-state index in [0.29, 0.717) is 18.1 Å². The Kier molecular flexibility index (Phi) is 8.40. The van der Waals surface area contributed by atoms with Gasteiger partial charge in [-0.25, -0.2) is 4.98 Å². The summed E-state index contributed by atoms with van der Waals surface area (Å²) in [5.74, 6) is 4.49. The number of nitrogens with zero attached hydrogens (tertiary/aromatic N) is 3. The molecule has 0 radical (unpaired) electrons. The molecule has 0 aromatic carbocycles. The van der Waals surface area contributed by atoms with Gasteiger partial charge in [0.1, 0.15) is 5.82 Å². The lowest BCUT2D eigenvalue weighted by molar-refractivity contribution is 0.270. The summed E-state index contributed by atoms with van der Waals surface area (Å²) in [5.41, 5.74) is 0. The Morgan fingerprint density at radius 3 is 3.00 bits per heavy atom. The van der Waals surface area contributed by atoms with Gasteiger partial charge in [-0.3, -0.25) is 10.1 Å². The molecule has 0 bridgehead atoms. The molecule has 0 spiro atoms. The van der Waals surface area contributed by atoms with Gasteiger partial charge in [-0.2, -0.15) is 0 Å². The van der Waals surface area contributed by atoms with E-state index in [0.717, 1.165) is 30.2 Å². The number of H-pyrrole nitrogens is 1. The zero-order valence-electron chi connectivity index (χ0n) is 15.5. The molecular formula is C18H29IN6O. The monoisotopic (exact) mass is 472 g/mol. The van der Waals surface area contributed by atoms with E-state index in [1.165, 1.54) is 32.1 Å². The lowest BCUT2D eigenvalue weighted by Crippen LogP contribution is -2.38. The topological polar surface area (TPSA) is 91.1 Å². The van der Waals surface area contributed by atoms with Crippen LogP contribution in [0.5, 0.6) is 0 Å². The van der Waals surface area contributed by atoms with Crippen LogP contribution >= 0.6 is 24.0 Å². The Balaban J connectivity index is 0.00000243. The van der Waals surface area contributed by atoms with Crippen LogP contribution in [0.4, 0.5) is 0 Å². The van der Waals surface area contributed by atoms with E-state index >= 15 is 0 Å². The zero-order valence-corrected chi connectivity index (χ0v) is 17.8. The van der Waals surface area contributed by atoms with Crippen LogP contribution in [-0.2, 0) is 6.54 Å². The van der Waals surface area contributed by atoms with Crippen LogP contribution in [0.2, 0.25) is 0 Å². The van der Waals surface area contributed by atoms with Gasteiger partial charge in [-0.05, 0) is 36.8 Å². The van der Waals surface area contributed by atoms with Gasteiger partial charge in [0.15, 0.2) is 11.7 Å². The summed E-state index contributed by atoms with van der Waals surface area (Å²) >= 11 is 0. The van der Waals surface area contributed by atoms with Gasteiger partial charge < -0.3 is 15.1 Å². The van der Waals surface area contributed by atoms with E-state index in [4.69, 9.17) is 4.42 Å². The maximum absolute atomic E-state index is 5.30. The molecule has 3 N–H and O–H groups in total. The van der Waals surface area contributed by atoms with E-state index in [1.54, 1.807) is 13.3 Å². The van der Waals surface area contributed by atoms with Crippen molar-refractivity contribution >= 4 is 29.9 Å². The highest BCUT2D eigenvalue weighted by Crippen LogP contribution is 2.30. The van der Waals surface area contributed by atoms with Crippen molar-refractivity contribution in [1.82, 2.24) is 25.8 Å². The molecule has 2 unspecified atom stereocenters. The molecule has 1 fully saturated rings. The van der Waals surface area contributed by atoms with Crippen molar-refractivity contribution < 1.29 is 4.42 Å². The Bertz CT molecular complexity index is 669. The number of aromatic amines is 1. The van der Waals surface area contributed by atoms with Crippen molar-refractivity contribution in [1.29, 1.82) is 0 Å². The van der Waals surface area contributed by atoms with E-state index in [9.17, 15) is 0 Å². The van der Waals surface area contributed by atoms with Gasteiger partial charge in [0, 0.05) is 13.6 Å². The highest BCUT2D eigenvalue weighted by atomic mass is 127. The molecule has 1 aliphatic carbocycles. The highest BCUT2D eigenvalue weighted by Gasteiger charge is 2.18. The van der Waals surface area contributed by atoms with Crippen molar-refractivity contribution in [2.45, 2.75) is 45.6 Å². The van der Waals surface area contributed by atoms with Gasteiger partial charge in [-0.15, -0.1) is 29.1 Å². The Morgan fingerprint density at radius 2 is 2.27 bits per heavy atom. The maximum Gasteiger partial charge on any atom is 0.216 e. The Labute approximate surface area is 171 Å². The molecule has 0 saturated heterocycles. The highest BCUT2D eigenvalue weighted by molar-refractivity contribution is 14.0. The number of rotatable bonds is 6. The lowest BCUT2D eigenvalue weighted by Gasteiger charge is -2.26. The average molecular weight is 472 g/mol. The minimum absolute atomic E-state index is 0. The number of guanidine groups is 1. The summed E-state index contributed by atoms with van der Waals surface area (Å²) in [4.78, 5) is 8.69. The van der Waals surface area contributed by atoms with Crippen LogP contribution in [0, 0.1) is 11.8 Å². The van der Waals surface area contributed by atoms with Crippen molar-refractivity contribution in [2.24, 2.45) is 16.8 Å². The molecule has 26 heavy (non-hydrogen) atoms. The van der Waals surface area contributed by atoms with Crippen LogP contribution in [0.1, 0.15) is 44.9 Å². The van der Waals surface area contributed by atoms with Gasteiger partial charge in [0.25, 0.3) is 0 Å². The number of aromatic nitrogens is 3. The van der Waals surface area contributed by atoms with Crippen LogP contribution in [-0.4, -0.2) is 34.7 Å². The molecule has 2 heterocycles. The third-order valence-corrected chi connectivity index (χ3v) is 4.81. The predicted octanol–water partition coefficient (Wildman–Crippen LogP) is 3.56. The van der Waals surface area contributed by atoms with Gasteiger partial charge >= 0.3 is 0 Å². The third-order valence-electron chi connectivity index (χ3n) is 4.81. The molecule has 2 aromatic rings. The van der Waals surface area contributed by atoms with E-state index in [-0.39, 0.29) is 24.0 Å². The third kappa shape index (κ3) is 6.00. The molecule has 1 saturated carbocycles. The second-order valence-electron chi connectivity index (χ2n) is 6.86. The first-order valence-electron chi connectivity index (χ1n) is 9.14. The lowest BCUT2D eigenvalue weighted by atomic mass is 9.81. The molecule has 3 rings (SSSR count). The zero-order chi connectivity index (χ0) is 17.5. The smallest absolute Gasteiger partial charge is 0.216 e. The SMILES string of the molecule is CN=C(NCCC1CCCC(C)C1)NCc1nc(-c2ccco2)n[nH]1.I. The van der Waals surface area contributed by atoms with Crippen LogP contribution in [0.15, 0.2) is 27.8 Å². The summed E-state index contributed by atoms with van der Waals surface area (Å²) in [7, 11) is 1.78. The van der Waals surface area contributed by atoms with Crippen LogP contribution in [0.3, 0.4) is 0 Å². The molecule has 2 atom stereocenters. The molecule has 0 amide bonds. The Hall–Kier alpha value is -1.58. The molecule has 1 aliphatic rings. The first kappa shape index (κ1) is 20.7. The Morgan fingerprint density at radius 1 is 1.38 bits per heavy atom. The fraction of sp³-hybridized carbons (Fsp3) is 0.611. The van der Waals surface area contributed by atoms with Crippen molar-refractivity contribution in [3.63, 3.8) is 0 Å². The normalized spacial score (nSPS) is 20.5. The number of nitrogens with one attached hydrogen (secondary N) is 3. The summed E-state index contributed by atoms with van der Waals surface area (Å²) in [6, 6.07) is 3.66. The predicted molar refractivity (Wildman–Crippen MR) is 113 cm³/mol. The molecule has 144 valence electrons. The summed E-state index contributed by atoms with van der Waals surface area (Å²) in [5, 5.41) is 13.7. The second kappa shape index (κ2) is 10.5.